The van der Waals surface area contributed by atoms with E-state index in [0.29, 0.717) is 20.8 Å². The molecule has 2 rings (SSSR count). The van der Waals surface area contributed by atoms with Crippen LogP contribution in [0.25, 0.3) is 0 Å². The summed E-state index contributed by atoms with van der Waals surface area (Å²) in [6.45, 7) is 5.51. The second kappa shape index (κ2) is 8.74. The zero-order chi connectivity index (χ0) is 15.9. The number of nitrogens with two attached hydrogens (primary N) is 1. The molecule has 4 N–H and O–H groups in total. The van der Waals surface area contributed by atoms with Crippen molar-refractivity contribution in [3.63, 3.8) is 0 Å². The number of nitrogen functional groups attached to an aromatic ring is 1. The Morgan fingerprint density at radius 3 is 2.55 bits per heavy atom. The molecule has 0 saturated carbocycles. The fourth-order valence-electron chi connectivity index (χ4n) is 2.16. The van der Waals surface area contributed by atoms with Gasteiger partial charge in [-0.1, -0.05) is 23.2 Å². The number of nitrogens with one attached hydrogen (secondary N) is 2. The van der Waals surface area contributed by atoms with Crippen LogP contribution in [0.3, 0.4) is 0 Å². The van der Waals surface area contributed by atoms with Crippen molar-refractivity contribution < 1.29 is 4.74 Å². The second-order valence-corrected chi connectivity index (χ2v) is 6.26. The lowest BCUT2D eigenvalue weighted by molar-refractivity contribution is 0.0376. The molecule has 22 heavy (non-hydrogen) atoms. The van der Waals surface area contributed by atoms with Crippen molar-refractivity contribution in [1.29, 1.82) is 0 Å². The van der Waals surface area contributed by atoms with E-state index in [-0.39, 0.29) is 0 Å². The van der Waals surface area contributed by atoms with Gasteiger partial charge in [0.2, 0.25) is 0 Å². The number of thiocarbonyl (C=S) groups is 1. The molecule has 0 spiro atoms. The molecule has 0 aromatic heterocycles. The van der Waals surface area contributed by atoms with Gasteiger partial charge in [0.25, 0.3) is 0 Å². The molecule has 0 bridgehead atoms. The smallest absolute Gasteiger partial charge is 0.170 e. The highest BCUT2D eigenvalue weighted by Crippen LogP contribution is 2.30. The van der Waals surface area contributed by atoms with Crippen LogP contribution in [0.4, 0.5) is 11.4 Å². The summed E-state index contributed by atoms with van der Waals surface area (Å²) in [6.07, 6.45) is 1.02. The van der Waals surface area contributed by atoms with Gasteiger partial charge in [-0.25, -0.2) is 0 Å². The van der Waals surface area contributed by atoms with Crippen LogP contribution in [0.5, 0.6) is 0 Å². The normalized spacial score (nSPS) is 15.5. The van der Waals surface area contributed by atoms with Crippen molar-refractivity contribution in [1.82, 2.24) is 10.2 Å². The summed E-state index contributed by atoms with van der Waals surface area (Å²) in [5.74, 6) is 0. The SMILES string of the molecule is Nc1c(Cl)cc(NC(=S)NCCCN2CCOCC2)cc1Cl. The zero-order valence-corrected chi connectivity index (χ0v) is 14.5. The molecule has 8 heteroatoms. The second-order valence-electron chi connectivity index (χ2n) is 5.04. The number of halogens is 2. The summed E-state index contributed by atoms with van der Waals surface area (Å²) >= 11 is 17.2. The third-order valence-electron chi connectivity index (χ3n) is 3.38. The standard InChI is InChI=1S/C14H20Cl2N4OS/c15-11-8-10(9-12(16)13(11)17)19-14(22)18-2-1-3-20-4-6-21-7-5-20/h8-9H,1-7,17H2,(H2,18,19,22). The van der Waals surface area contributed by atoms with E-state index >= 15 is 0 Å². The van der Waals surface area contributed by atoms with E-state index in [0.717, 1.165) is 51.5 Å². The Hall–Kier alpha value is -0.790. The van der Waals surface area contributed by atoms with Crippen LogP contribution in [0.1, 0.15) is 6.42 Å². The number of benzene rings is 1. The predicted octanol–water partition coefficient (Wildman–Crippen LogP) is 2.58. The van der Waals surface area contributed by atoms with Gasteiger partial charge in [-0.3, -0.25) is 4.90 Å². The van der Waals surface area contributed by atoms with Crippen LogP contribution in [-0.2, 0) is 4.74 Å². The number of morpholine rings is 1. The van der Waals surface area contributed by atoms with E-state index in [1.54, 1.807) is 12.1 Å². The molecule has 1 aliphatic heterocycles. The molecule has 0 unspecified atom stereocenters. The van der Waals surface area contributed by atoms with Gasteiger partial charge in [-0.05, 0) is 37.3 Å². The topological polar surface area (TPSA) is 62.5 Å². The number of anilines is 2. The first-order chi connectivity index (χ1) is 10.6. The molecule has 0 aliphatic carbocycles. The van der Waals surface area contributed by atoms with Crippen molar-refractivity contribution in [2.75, 3.05) is 50.4 Å². The highest BCUT2D eigenvalue weighted by Gasteiger charge is 2.09. The molecule has 5 nitrogen and oxygen atoms in total. The van der Waals surface area contributed by atoms with Crippen LogP contribution in [-0.4, -0.2) is 49.4 Å². The molecular formula is C14H20Cl2N4OS. The summed E-state index contributed by atoms with van der Waals surface area (Å²) in [7, 11) is 0. The maximum atomic E-state index is 5.99. The van der Waals surface area contributed by atoms with Crippen LogP contribution in [0, 0.1) is 0 Å². The molecule has 0 radical (unpaired) electrons. The number of hydrogen-bond donors (Lipinski definition) is 3. The summed E-state index contributed by atoms with van der Waals surface area (Å²) in [4.78, 5) is 2.39. The summed E-state index contributed by atoms with van der Waals surface area (Å²) in [6, 6.07) is 3.40. The first-order valence-corrected chi connectivity index (χ1v) is 8.32. The third-order valence-corrected chi connectivity index (χ3v) is 4.25. The summed E-state index contributed by atoms with van der Waals surface area (Å²) < 4.78 is 5.32. The Labute approximate surface area is 146 Å². The monoisotopic (exact) mass is 362 g/mol. The quantitative estimate of drug-likeness (QED) is 0.425. The Balaban J connectivity index is 1.69. The number of nitrogens with zero attached hydrogens (tertiary/aromatic N) is 1. The lowest BCUT2D eigenvalue weighted by Crippen LogP contribution is -2.38. The maximum absolute atomic E-state index is 5.99. The zero-order valence-electron chi connectivity index (χ0n) is 12.2. The van der Waals surface area contributed by atoms with Gasteiger partial charge in [0.1, 0.15) is 0 Å². The van der Waals surface area contributed by atoms with Gasteiger partial charge in [-0.15, -0.1) is 0 Å². The van der Waals surface area contributed by atoms with E-state index in [4.69, 9.17) is 45.9 Å². The van der Waals surface area contributed by atoms with Gasteiger partial charge in [0.05, 0.1) is 28.9 Å². The van der Waals surface area contributed by atoms with E-state index in [1.807, 2.05) is 0 Å². The van der Waals surface area contributed by atoms with Crippen LogP contribution in [0.2, 0.25) is 10.0 Å². The van der Waals surface area contributed by atoms with Crippen molar-refractivity contribution >= 4 is 51.9 Å². The summed E-state index contributed by atoms with van der Waals surface area (Å²) in [5.41, 5.74) is 6.79. The number of hydrogen-bond acceptors (Lipinski definition) is 4. The number of rotatable bonds is 5. The van der Waals surface area contributed by atoms with Crippen molar-refractivity contribution in [2.24, 2.45) is 0 Å². The largest absolute Gasteiger partial charge is 0.396 e. The van der Waals surface area contributed by atoms with E-state index in [9.17, 15) is 0 Å². The van der Waals surface area contributed by atoms with Gasteiger partial charge in [0.15, 0.2) is 5.11 Å². The fraction of sp³-hybridized carbons (Fsp3) is 0.500. The first kappa shape index (κ1) is 17.6. The maximum Gasteiger partial charge on any atom is 0.170 e. The molecule has 1 fully saturated rings. The fourth-order valence-corrected chi connectivity index (χ4v) is 2.87. The third kappa shape index (κ3) is 5.44. The van der Waals surface area contributed by atoms with E-state index in [1.165, 1.54) is 0 Å². The minimum Gasteiger partial charge on any atom is -0.396 e. The minimum absolute atomic E-state index is 0.373. The van der Waals surface area contributed by atoms with Gasteiger partial charge >= 0.3 is 0 Å². The van der Waals surface area contributed by atoms with Gasteiger partial charge in [0, 0.05) is 25.3 Å². The molecule has 0 amide bonds. The van der Waals surface area contributed by atoms with E-state index < -0.39 is 0 Å². The average Bonchev–Trinajstić information content (AvgIpc) is 2.50. The highest BCUT2D eigenvalue weighted by molar-refractivity contribution is 7.80. The molecule has 1 aromatic carbocycles. The van der Waals surface area contributed by atoms with Crippen molar-refractivity contribution in [2.45, 2.75) is 6.42 Å². The molecule has 1 aliphatic rings. The van der Waals surface area contributed by atoms with Gasteiger partial charge < -0.3 is 21.1 Å². The first-order valence-electron chi connectivity index (χ1n) is 7.16. The molecule has 1 aromatic rings. The van der Waals surface area contributed by atoms with Crippen LogP contribution >= 0.6 is 35.4 Å². The van der Waals surface area contributed by atoms with Crippen molar-refractivity contribution in [3.8, 4) is 0 Å². The Bertz CT molecular complexity index is 501. The van der Waals surface area contributed by atoms with Crippen molar-refractivity contribution in [3.05, 3.63) is 22.2 Å². The molecule has 1 saturated heterocycles. The van der Waals surface area contributed by atoms with Gasteiger partial charge in [-0.2, -0.15) is 0 Å². The highest BCUT2D eigenvalue weighted by atomic mass is 35.5. The molecular weight excluding hydrogens is 343 g/mol. The minimum atomic E-state index is 0.373. The Morgan fingerprint density at radius 2 is 1.91 bits per heavy atom. The van der Waals surface area contributed by atoms with Crippen LogP contribution < -0.4 is 16.4 Å². The summed E-state index contributed by atoms with van der Waals surface area (Å²) in [5, 5.41) is 7.58. The number of ether oxygens (including phenoxy) is 1. The lowest BCUT2D eigenvalue weighted by Gasteiger charge is -2.26. The van der Waals surface area contributed by atoms with E-state index in [2.05, 4.69) is 15.5 Å². The molecule has 122 valence electrons. The molecule has 1 heterocycles. The Kier molecular flexibility index (Phi) is 6.98. The predicted molar refractivity (Wildman–Crippen MR) is 97.0 cm³/mol. The average molecular weight is 363 g/mol. The van der Waals surface area contributed by atoms with Crippen LogP contribution in [0.15, 0.2) is 12.1 Å². The Morgan fingerprint density at radius 1 is 1.27 bits per heavy atom. The molecule has 0 atom stereocenters. The lowest BCUT2D eigenvalue weighted by atomic mass is 10.3.